The normalized spacial score (nSPS) is 11.4. The first-order valence-electron chi connectivity index (χ1n) is 4.64. The summed E-state index contributed by atoms with van der Waals surface area (Å²) >= 11 is 5.96. The standard InChI is InChI=1S/C11H9ClN2O2/c1-6-7(12)2-3-8-11(6)14-9(13-8)4-5-10(15)16/h2-5H,1H3,(H,13,14)(H,15,16)/b5-4+. The summed E-state index contributed by atoms with van der Waals surface area (Å²) in [5.74, 6) is -0.502. The van der Waals surface area contributed by atoms with Gasteiger partial charge in [-0.1, -0.05) is 11.6 Å². The van der Waals surface area contributed by atoms with Crippen molar-refractivity contribution >= 4 is 34.7 Å². The zero-order valence-corrected chi connectivity index (χ0v) is 9.25. The highest BCUT2D eigenvalue weighted by atomic mass is 35.5. The minimum atomic E-state index is -1.00. The molecule has 0 saturated carbocycles. The lowest BCUT2D eigenvalue weighted by Gasteiger charge is -1.96. The molecule has 0 amide bonds. The van der Waals surface area contributed by atoms with Crippen molar-refractivity contribution in [2.75, 3.05) is 0 Å². The summed E-state index contributed by atoms with van der Waals surface area (Å²) in [6, 6.07) is 3.60. The van der Waals surface area contributed by atoms with E-state index in [9.17, 15) is 4.79 Å². The summed E-state index contributed by atoms with van der Waals surface area (Å²) in [5, 5.41) is 9.14. The van der Waals surface area contributed by atoms with Gasteiger partial charge in [-0.05, 0) is 30.7 Å². The fraction of sp³-hybridized carbons (Fsp3) is 0.0909. The number of aliphatic carboxylic acids is 1. The number of aryl methyl sites for hydroxylation is 1. The highest BCUT2D eigenvalue weighted by molar-refractivity contribution is 6.32. The van der Waals surface area contributed by atoms with E-state index in [2.05, 4.69) is 9.97 Å². The summed E-state index contributed by atoms with van der Waals surface area (Å²) in [7, 11) is 0. The molecule has 0 aliphatic heterocycles. The Morgan fingerprint density at radius 3 is 3.00 bits per heavy atom. The number of benzene rings is 1. The summed E-state index contributed by atoms with van der Waals surface area (Å²) in [6.45, 7) is 1.87. The van der Waals surface area contributed by atoms with Gasteiger partial charge in [-0.2, -0.15) is 0 Å². The van der Waals surface area contributed by atoms with Crippen LogP contribution >= 0.6 is 11.6 Å². The number of aromatic amines is 1. The molecule has 0 fully saturated rings. The van der Waals surface area contributed by atoms with Gasteiger partial charge in [0.05, 0.1) is 11.0 Å². The van der Waals surface area contributed by atoms with E-state index in [1.54, 1.807) is 6.07 Å². The Kier molecular flexibility index (Phi) is 2.66. The molecule has 0 atom stereocenters. The fourth-order valence-electron chi connectivity index (χ4n) is 1.44. The van der Waals surface area contributed by atoms with Gasteiger partial charge in [0, 0.05) is 11.1 Å². The second kappa shape index (κ2) is 3.98. The molecule has 4 nitrogen and oxygen atoms in total. The van der Waals surface area contributed by atoms with E-state index in [0.717, 1.165) is 22.7 Å². The molecule has 2 N–H and O–H groups in total. The van der Waals surface area contributed by atoms with Crippen molar-refractivity contribution in [2.24, 2.45) is 0 Å². The lowest BCUT2D eigenvalue weighted by atomic mass is 10.2. The molecule has 1 aromatic heterocycles. The molecule has 1 heterocycles. The Morgan fingerprint density at radius 2 is 2.31 bits per heavy atom. The van der Waals surface area contributed by atoms with Crippen LogP contribution in [0, 0.1) is 6.92 Å². The number of hydrogen-bond acceptors (Lipinski definition) is 2. The van der Waals surface area contributed by atoms with Crippen molar-refractivity contribution in [3.63, 3.8) is 0 Å². The Labute approximate surface area is 96.6 Å². The number of hydrogen-bond donors (Lipinski definition) is 2. The van der Waals surface area contributed by atoms with E-state index in [1.165, 1.54) is 6.08 Å². The van der Waals surface area contributed by atoms with Gasteiger partial charge in [-0.25, -0.2) is 9.78 Å². The number of imidazole rings is 1. The number of nitrogens with zero attached hydrogens (tertiary/aromatic N) is 1. The summed E-state index contributed by atoms with van der Waals surface area (Å²) in [6.07, 6.45) is 2.45. The number of fused-ring (bicyclic) bond motifs is 1. The van der Waals surface area contributed by atoms with E-state index in [0.29, 0.717) is 10.8 Å². The lowest BCUT2D eigenvalue weighted by Crippen LogP contribution is -1.86. The summed E-state index contributed by atoms with van der Waals surface area (Å²) < 4.78 is 0. The van der Waals surface area contributed by atoms with Crippen molar-refractivity contribution in [1.82, 2.24) is 9.97 Å². The molecule has 0 bridgehead atoms. The molecule has 2 rings (SSSR count). The molecule has 1 aromatic carbocycles. The molecule has 0 unspecified atom stereocenters. The second-order valence-electron chi connectivity index (χ2n) is 3.36. The molecule has 2 aromatic rings. The topological polar surface area (TPSA) is 66.0 Å². The Hall–Kier alpha value is -1.81. The first kappa shape index (κ1) is 10.7. The van der Waals surface area contributed by atoms with Gasteiger partial charge in [0.1, 0.15) is 5.82 Å². The van der Waals surface area contributed by atoms with E-state index in [-0.39, 0.29) is 0 Å². The molecule has 0 radical (unpaired) electrons. The number of carboxylic acids is 1. The smallest absolute Gasteiger partial charge is 0.328 e. The Morgan fingerprint density at radius 1 is 1.56 bits per heavy atom. The molecule has 0 spiro atoms. The quantitative estimate of drug-likeness (QED) is 0.788. The number of halogens is 1. The SMILES string of the molecule is Cc1c(Cl)ccc2[nH]c(/C=C/C(=O)O)nc12. The number of aromatic nitrogens is 2. The highest BCUT2D eigenvalue weighted by Crippen LogP contribution is 2.23. The number of carbonyl (C=O) groups is 1. The van der Waals surface area contributed by atoms with Crippen LogP contribution in [0.2, 0.25) is 5.02 Å². The molecule has 0 aliphatic carbocycles. The van der Waals surface area contributed by atoms with Gasteiger partial charge >= 0.3 is 5.97 Å². The van der Waals surface area contributed by atoms with Gasteiger partial charge < -0.3 is 10.1 Å². The van der Waals surface area contributed by atoms with Gasteiger partial charge in [-0.3, -0.25) is 0 Å². The van der Waals surface area contributed by atoms with Gasteiger partial charge in [0.15, 0.2) is 0 Å². The number of rotatable bonds is 2. The molecule has 16 heavy (non-hydrogen) atoms. The predicted molar refractivity (Wildman–Crippen MR) is 62.5 cm³/mol. The molecule has 82 valence electrons. The molecular weight excluding hydrogens is 228 g/mol. The minimum absolute atomic E-state index is 0.503. The first-order chi connectivity index (χ1) is 7.58. The van der Waals surface area contributed by atoms with E-state index in [4.69, 9.17) is 16.7 Å². The van der Waals surface area contributed by atoms with E-state index < -0.39 is 5.97 Å². The Bertz CT molecular complexity index is 587. The third-order valence-electron chi connectivity index (χ3n) is 2.24. The van der Waals surface area contributed by atoms with E-state index >= 15 is 0 Å². The van der Waals surface area contributed by atoms with E-state index in [1.807, 2.05) is 13.0 Å². The lowest BCUT2D eigenvalue weighted by molar-refractivity contribution is -0.131. The van der Waals surface area contributed by atoms with Crippen molar-refractivity contribution in [1.29, 1.82) is 0 Å². The second-order valence-corrected chi connectivity index (χ2v) is 3.77. The fourth-order valence-corrected chi connectivity index (χ4v) is 1.59. The zero-order chi connectivity index (χ0) is 11.7. The van der Waals surface area contributed by atoms with Crippen molar-refractivity contribution in [3.05, 3.63) is 34.6 Å². The highest BCUT2D eigenvalue weighted by Gasteiger charge is 2.06. The number of carboxylic acid groups (broad SMARTS) is 1. The van der Waals surface area contributed by atoms with Crippen LogP contribution in [-0.2, 0) is 4.79 Å². The van der Waals surface area contributed by atoms with Crippen molar-refractivity contribution in [2.45, 2.75) is 6.92 Å². The average Bonchev–Trinajstić information content (AvgIpc) is 2.64. The maximum atomic E-state index is 10.4. The van der Waals surface area contributed by atoms with Crippen molar-refractivity contribution < 1.29 is 9.90 Å². The first-order valence-corrected chi connectivity index (χ1v) is 5.01. The number of nitrogens with one attached hydrogen (secondary N) is 1. The van der Waals surface area contributed by atoms with Gasteiger partial charge in [0.25, 0.3) is 0 Å². The van der Waals surface area contributed by atoms with Crippen LogP contribution in [0.25, 0.3) is 17.1 Å². The largest absolute Gasteiger partial charge is 0.478 e. The van der Waals surface area contributed by atoms with Crippen LogP contribution in [0.4, 0.5) is 0 Å². The maximum Gasteiger partial charge on any atom is 0.328 e. The average molecular weight is 237 g/mol. The van der Waals surface area contributed by atoms with Crippen LogP contribution in [0.5, 0.6) is 0 Å². The minimum Gasteiger partial charge on any atom is -0.478 e. The van der Waals surface area contributed by atoms with Crippen LogP contribution in [0.3, 0.4) is 0 Å². The van der Waals surface area contributed by atoms with Crippen LogP contribution in [-0.4, -0.2) is 21.0 Å². The number of H-pyrrole nitrogens is 1. The third-order valence-corrected chi connectivity index (χ3v) is 2.65. The van der Waals surface area contributed by atoms with Gasteiger partial charge in [-0.15, -0.1) is 0 Å². The maximum absolute atomic E-state index is 10.4. The molecule has 0 saturated heterocycles. The van der Waals surface area contributed by atoms with Gasteiger partial charge in [0.2, 0.25) is 0 Å². The summed E-state index contributed by atoms with van der Waals surface area (Å²) in [5.41, 5.74) is 2.48. The molecule has 5 heteroatoms. The zero-order valence-electron chi connectivity index (χ0n) is 8.49. The van der Waals surface area contributed by atoms with Crippen LogP contribution in [0.1, 0.15) is 11.4 Å². The Balaban J connectivity index is 2.52. The third kappa shape index (κ3) is 1.92. The van der Waals surface area contributed by atoms with Crippen LogP contribution in [0.15, 0.2) is 18.2 Å². The van der Waals surface area contributed by atoms with Crippen molar-refractivity contribution in [3.8, 4) is 0 Å². The molecular formula is C11H9ClN2O2. The van der Waals surface area contributed by atoms with Crippen LogP contribution < -0.4 is 0 Å². The monoisotopic (exact) mass is 236 g/mol. The predicted octanol–water partition coefficient (Wildman–Crippen LogP) is 2.62. The summed E-state index contributed by atoms with van der Waals surface area (Å²) in [4.78, 5) is 17.6. The molecule has 0 aliphatic rings.